The van der Waals surface area contributed by atoms with Crippen LogP contribution in [-0.2, 0) is 11.0 Å². The topological polar surface area (TPSA) is 29.4 Å². The molecule has 0 radical (unpaired) electrons. The highest BCUT2D eigenvalue weighted by Crippen LogP contribution is 2.40. The minimum atomic E-state index is -4.34. The molecule has 0 amide bonds. The quantitative estimate of drug-likeness (QED) is 0.742. The third-order valence-corrected chi connectivity index (χ3v) is 4.24. The van der Waals surface area contributed by atoms with Crippen molar-refractivity contribution >= 4 is 11.5 Å². The third kappa shape index (κ3) is 2.72. The Kier molecular flexibility index (Phi) is 3.67. The summed E-state index contributed by atoms with van der Waals surface area (Å²) in [6, 6.07) is 5.14. The Balaban J connectivity index is 1.99. The van der Waals surface area contributed by atoms with Crippen molar-refractivity contribution in [2.24, 2.45) is 4.99 Å². The van der Waals surface area contributed by atoms with Crippen molar-refractivity contribution in [3.8, 4) is 0 Å². The lowest BCUT2D eigenvalue weighted by Gasteiger charge is -2.29. The van der Waals surface area contributed by atoms with Crippen LogP contribution in [-0.4, -0.2) is 11.5 Å². The number of hydrogen-bond donors (Lipinski definition) is 0. The van der Waals surface area contributed by atoms with Gasteiger partial charge in [0.1, 0.15) is 0 Å². The van der Waals surface area contributed by atoms with Crippen LogP contribution >= 0.6 is 0 Å². The van der Waals surface area contributed by atoms with E-state index in [4.69, 9.17) is 0 Å². The number of allylic oxidation sites excluding steroid dienone is 2. The third-order valence-electron chi connectivity index (χ3n) is 4.24. The van der Waals surface area contributed by atoms with Gasteiger partial charge in [-0.15, -0.1) is 0 Å². The summed E-state index contributed by atoms with van der Waals surface area (Å²) in [5.74, 6) is -0.0787. The Morgan fingerprint density at radius 2 is 1.82 bits per heavy atom. The Labute approximate surface area is 126 Å². The first-order valence-corrected chi connectivity index (χ1v) is 7.34. The van der Waals surface area contributed by atoms with Crippen molar-refractivity contribution in [3.63, 3.8) is 0 Å². The van der Waals surface area contributed by atoms with Crippen molar-refractivity contribution in [3.05, 3.63) is 46.7 Å². The molecule has 1 unspecified atom stereocenters. The molecule has 0 N–H and O–H groups in total. The van der Waals surface area contributed by atoms with Crippen molar-refractivity contribution in [2.45, 2.75) is 44.7 Å². The number of benzene rings is 1. The summed E-state index contributed by atoms with van der Waals surface area (Å²) in [7, 11) is 0. The second-order valence-corrected chi connectivity index (χ2v) is 5.86. The van der Waals surface area contributed by atoms with Gasteiger partial charge in [-0.2, -0.15) is 13.2 Å². The Morgan fingerprint density at radius 1 is 1.14 bits per heavy atom. The molecule has 0 spiro atoms. The van der Waals surface area contributed by atoms with E-state index in [0.29, 0.717) is 18.4 Å². The Morgan fingerprint density at radius 3 is 2.45 bits per heavy atom. The van der Waals surface area contributed by atoms with Crippen LogP contribution in [0.3, 0.4) is 0 Å². The smallest absolute Gasteiger partial charge is 0.294 e. The molecule has 1 aromatic rings. The van der Waals surface area contributed by atoms with Crippen LogP contribution < -0.4 is 0 Å². The number of aliphatic imine (C=N–C) groups is 1. The molecule has 2 aliphatic rings. The minimum absolute atomic E-state index is 0.0856. The number of carbonyl (C=O) groups excluding carboxylic acids is 1. The molecule has 116 valence electrons. The van der Waals surface area contributed by atoms with Gasteiger partial charge in [-0.05, 0) is 43.9 Å². The molecule has 2 nitrogen and oxygen atoms in total. The first kappa shape index (κ1) is 15.0. The highest BCUT2D eigenvalue weighted by molar-refractivity contribution is 6.01. The van der Waals surface area contributed by atoms with Gasteiger partial charge in [0.25, 0.3) is 0 Å². The van der Waals surface area contributed by atoms with E-state index in [1.807, 2.05) is 6.92 Å². The molecule has 0 saturated heterocycles. The highest BCUT2D eigenvalue weighted by Gasteiger charge is 2.33. The number of hydrogen-bond acceptors (Lipinski definition) is 2. The van der Waals surface area contributed by atoms with E-state index in [1.165, 1.54) is 12.1 Å². The normalized spacial score (nSPS) is 22.5. The fourth-order valence-electron chi connectivity index (χ4n) is 3.22. The second-order valence-electron chi connectivity index (χ2n) is 5.86. The van der Waals surface area contributed by atoms with Crippen LogP contribution in [0.2, 0.25) is 0 Å². The highest BCUT2D eigenvalue weighted by atomic mass is 19.4. The van der Waals surface area contributed by atoms with Gasteiger partial charge >= 0.3 is 6.18 Å². The summed E-state index contributed by atoms with van der Waals surface area (Å²) in [6.07, 6.45) is -1.67. The van der Waals surface area contributed by atoms with E-state index >= 15 is 0 Å². The van der Waals surface area contributed by atoms with Crippen molar-refractivity contribution in [1.82, 2.24) is 0 Å². The van der Waals surface area contributed by atoms with Gasteiger partial charge in [0.05, 0.1) is 5.56 Å². The van der Waals surface area contributed by atoms with Crippen LogP contribution in [0.4, 0.5) is 13.2 Å². The van der Waals surface area contributed by atoms with Crippen LogP contribution in [0.15, 0.2) is 40.5 Å². The average Bonchev–Trinajstić information content (AvgIpc) is 2.45. The van der Waals surface area contributed by atoms with Crippen LogP contribution in [0.25, 0.3) is 0 Å². The second kappa shape index (κ2) is 5.38. The van der Waals surface area contributed by atoms with Crippen LogP contribution in [0.5, 0.6) is 0 Å². The van der Waals surface area contributed by atoms with Crippen LogP contribution in [0, 0.1) is 0 Å². The molecule has 1 atom stereocenters. The minimum Gasteiger partial charge on any atom is -0.294 e. The predicted molar refractivity (Wildman–Crippen MR) is 77.8 cm³/mol. The van der Waals surface area contributed by atoms with E-state index in [-0.39, 0.29) is 11.7 Å². The molecule has 0 bridgehead atoms. The lowest BCUT2D eigenvalue weighted by molar-refractivity contribution is -0.137. The van der Waals surface area contributed by atoms with E-state index < -0.39 is 11.7 Å². The largest absolute Gasteiger partial charge is 0.416 e. The number of Topliss-reactive ketones (excluding diaryl/α,β-unsaturated/α-hetero) is 1. The number of halogens is 3. The molecule has 1 aliphatic heterocycles. The summed E-state index contributed by atoms with van der Waals surface area (Å²) in [5.41, 5.74) is 2.55. The van der Waals surface area contributed by atoms with Gasteiger partial charge < -0.3 is 0 Å². The maximum Gasteiger partial charge on any atom is 0.416 e. The standard InChI is InChI=1S/C17H16F3NO/c1-10-9-13(16-14(21-10)3-2-4-15(16)22)11-5-7-12(8-6-11)17(18,19)20/h5-8,13H,2-4,9H2,1H3. The Bertz CT molecular complexity index is 668. The number of ketones is 1. The van der Waals surface area contributed by atoms with Gasteiger partial charge in [0.15, 0.2) is 5.78 Å². The number of alkyl halides is 3. The van der Waals surface area contributed by atoms with Gasteiger partial charge in [0, 0.05) is 29.3 Å². The fourth-order valence-corrected chi connectivity index (χ4v) is 3.22. The van der Waals surface area contributed by atoms with Gasteiger partial charge in [-0.1, -0.05) is 12.1 Å². The Hall–Kier alpha value is -1.91. The summed E-state index contributed by atoms with van der Waals surface area (Å²) < 4.78 is 38.0. The lowest BCUT2D eigenvalue weighted by atomic mass is 9.78. The molecule has 3 rings (SSSR count). The molecule has 0 saturated carbocycles. The SMILES string of the molecule is CC1=NC2=C(C(=O)CCC2)C(c2ccc(C(F)(F)F)cc2)C1. The van der Waals surface area contributed by atoms with Gasteiger partial charge in [-0.3, -0.25) is 9.79 Å². The summed E-state index contributed by atoms with van der Waals surface area (Å²) >= 11 is 0. The van der Waals surface area contributed by atoms with E-state index in [2.05, 4.69) is 4.99 Å². The molecule has 0 fully saturated rings. The zero-order valence-corrected chi connectivity index (χ0v) is 12.2. The molecular weight excluding hydrogens is 291 g/mol. The maximum absolute atomic E-state index is 12.7. The average molecular weight is 307 g/mol. The molecule has 5 heteroatoms. The van der Waals surface area contributed by atoms with Crippen molar-refractivity contribution < 1.29 is 18.0 Å². The summed E-state index contributed by atoms with van der Waals surface area (Å²) in [4.78, 5) is 16.7. The van der Waals surface area contributed by atoms with E-state index in [0.717, 1.165) is 41.9 Å². The molecule has 22 heavy (non-hydrogen) atoms. The van der Waals surface area contributed by atoms with Crippen molar-refractivity contribution in [2.75, 3.05) is 0 Å². The number of nitrogens with zero attached hydrogens (tertiary/aromatic N) is 1. The summed E-state index contributed by atoms with van der Waals surface area (Å²) in [6.45, 7) is 1.90. The maximum atomic E-state index is 12.7. The molecular formula is C17H16F3NO. The first-order valence-electron chi connectivity index (χ1n) is 7.34. The first-order chi connectivity index (χ1) is 10.4. The fraction of sp³-hybridized carbons (Fsp3) is 0.412. The monoisotopic (exact) mass is 307 g/mol. The zero-order valence-electron chi connectivity index (χ0n) is 12.2. The number of carbonyl (C=O) groups is 1. The zero-order chi connectivity index (χ0) is 15.9. The van der Waals surface area contributed by atoms with Crippen molar-refractivity contribution in [1.29, 1.82) is 0 Å². The summed E-state index contributed by atoms with van der Waals surface area (Å²) in [5, 5.41) is 0. The lowest BCUT2D eigenvalue weighted by Crippen LogP contribution is -2.23. The number of rotatable bonds is 1. The molecule has 0 aromatic heterocycles. The van der Waals surface area contributed by atoms with E-state index in [9.17, 15) is 18.0 Å². The van der Waals surface area contributed by atoms with E-state index in [1.54, 1.807) is 0 Å². The van der Waals surface area contributed by atoms with Gasteiger partial charge in [0.2, 0.25) is 0 Å². The molecule has 1 aromatic carbocycles. The van der Waals surface area contributed by atoms with Crippen LogP contribution in [0.1, 0.15) is 49.7 Å². The van der Waals surface area contributed by atoms with Gasteiger partial charge in [-0.25, -0.2) is 0 Å². The molecule has 1 heterocycles. The predicted octanol–water partition coefficient (Wildman–Crippen LogP) is 4.66. The molecule has 1 aliphatic carbocycles.